The number of carbonyl (C=O) groups is 2. The lowest BCUT2D eigenvalue weighted by Crippen LogP contribution is -2.40. The number of amides is 2. The van der Waals surface area contributed by atoms with E-state index >= 15 is 0 Å². The van der Waals surface area contributed by atoms with Crippen LogP contribution in [0.4, 0.5) is 9.18 Å². The van der Waals surface area contributed by atoms with Gasteiger partial charge in [0.2, 0.25) is 0 Å². The molecule has 1 saturated heterocycles. The third-order valence-corrected chi connectivity index (χ3v) is 6.78. The molecular weight excluding hydrogens is 473 g/mol. The molecule has 1 fully saturated rings. The molecule has 8 heteroatoms. The monoisotopic (exact) mass is 509 g/mol. The van der Waals surface area contributed by atoms with E-state index in [1.807, 2.05) is 46.8 Å². The van der Waals surface area contributed by atoms with Gasteiger partial charge in [0.05, 0.1) is 0 Å². The second kappa shape index (κ2) is 10.5. The first-order chi connectivity index (χ1) is 17.5. The highest BCUT2D eigenvalue weighted by Crippen LogP contribution is 2.43. The number of ether oxygens (including phenoxy) is 2. The Morgan fingerprint density at radius 1 is 1.14 bits per heavy atom. The molecule has 0 radical (unpaired) electrons. The van der Waals surface area contributed by atoms with Gasteiger partial charge in [-0.25, -0.2) is 9.18 Å². The molecule has 1 aromatic heterocycles. The minimum absolute atomic E-state index is 0.119. The minimum Gasteiger partial charge on any atom is -0.482 e. The van der Waals surface area contributed by atoms with Crippen LogP contribution in [0.3, 0.4) is 0 Å². The Morgan fingerprint density at radius 3 is 2.54 bits per heavy atom. The van der Waals surface area contributed by atoms with Crippen molar-refractivity contribution in [3.63, 3.8) is 0 Å². The molecule has 2 aliphatic heterocycles. The van der Waals surface area contributed by atoms with E-state index in [9.17, 15) is 14.0 Å². The van der Waals surface area contributed by atoms with Crippen LogP contribution < -0.4 is 4.74 Å². The lowest BCUT2D eigenvalue weighted by atomic mass is 9.84. The molecule has 4 rings (SSSR count). The predicted molar refractivity (Wildman–Crippen MR) is 140 cm³/mol. The van der Waals surface area contributed by atoms with Gasteiger partial charge in [-0.2, -0.15) is 0 Å². The van der Waals surface area contributed by atoms with E-state index in [4.69, 9.17) is 9.47 Å². The van der Waals surface area contributed by atoms with Gasteiger partial charge in [0, 0.05) is 49.9 Å². The number of hydrogen-bond acceptors (Lipinski definition) is 5. The number of hydrogen-bond donors (Lipinski definition) is 0. The SMILES string of the molecule is CCN(CC)C(=O)c1ccc(C2=CC3(CCCN(C(=O)OC(C)(C)C)CC3)Oc3ccc(F)cc32)cn1. The molecule has 1 spiro atoms. The number of nitrogens with zero attached hydrogens (tertiary/aromatic N) is 3. The molecule has 2 aromatic rings. The third kappa shape index (κ3) is 5.95. The number of pyridine rings is 1. The van der Waals surface area contributed by atoms with Gasteiger partial charge in [0.1, 0.15) is 28.5 Å². The number of benzene rings is 1. The summed E-state index contributed by atoms with van der Waals surface area (Å²) >= 11 is 0. The smallest absolute Gasteiger partial charge is 0.410 e. The molecule has 0 N–H and O–H groups in total. The number of aromatic nitrogens is 1. The van der Waals surface area contributed by atoms with Crippen LogP contribution in [-0.2, 0) is 4.74 Å². The highest BCUT2D eigenvalue weighted by Gasteiger charge is 2.39. The van der Waals surface area contributed by atoms with E-state index in [1.165, 1.54) is 12.1 Å². The first-order valence-electron chi connectivity index (χ1n) is 13.0. The quantitative estimate of drug-likeness (QED) is 0.530. The lowest BCUT2D eigenvalue weighted by molar-refractivity contribution is 0.0242. The van der Waals surface area contributed by atoms with E-state index in [0.29, 0.717) is 56.0 Å². The van der Waals surface area contributed by atoms with Crippen molar-refractivity contribution in [3.05, 3.63) is 65.2 Å². The first-order valence-corrected chi connectivity index (χ1v) is 13.0. The van der Waals surface area contributed by atoms with E-state index in [2.05, 4.69) is 4.98 Å². The maximum atomic E-state index is 14.3. The van der Waals surface area contributed by atoms with E-state index in [-0.39, 0.29) is 17.8 Å². The number of rotatable bonds is 4. The highest BCUT2D eigenvalue weighted by atomic mass is 19.1. The molecule has 37 heavy (non-hydrogen) atoms. The van der Waals surface area contributed by atoms with Crippen molar-refractivity contribution >= 4 is 17.6 Å². The highest BCUT2D eigenvalue weighted by molar-refractivity contribution is 5.93. The van der Waals surface area contributed by atoms with Crippen LogP contribution in [0.2, 0.25) is 0 Å². The Kier molecular flexibility index (Phi) is 7.57. The van der Waals surface area contributed by atoms with Gasteiger partial charge in [0.15, 0.2) is 0 Å². The molecular formula is C29H36FN3O4. The second-order valence-electron chi connectivity index (χ2n) is 10.6. The Hall–Kier alpha value is -3.42. The summed E-state index contributed by atoms with van der Waals surface area (Å²) in [5, 5.41) is 0. The van der Waals surface area contributed by atoms with Crippen molar-refractivity contribution in [2.24, 2.45) is 0 Å². The predicted octanol–water partition coefficient (Wildman–Crippen LogP) is 5.69. The number of fused-ring (bicyclic) bond motifs is 1. The Balaban J connectivity index is 1.66. The summed E-state index contributed by atoms with van der Waals surface area (Å²) < 4.78 is 26.4. The fraction of sp³-hybridized carbons (Fsp3) is 0.483. The number of carbonyl (C=O) groups excluding carboxylic acids is 2. The Morgan fingerprint density at radius 2 is 1.89 bits per heavy atom. The fourth-order valence-electron chi connectivity index (χ4n) is 4.87. The summed E-state index contributed by atoms with van der Waals surface area (Å²) in [6, 6.07) is 8.08. The van der Waals surface area contributed by atoms with Crippen LogP contribution >= 0.6 is 0 Å². The summed E-state index contributed by atoms with van der Waals surface area (Å²) in [6.45, 7) is 11.7. The van der Waals surface area contributed by atoms with Crippen LogP contribution in [0.25, 0.3) is 5.57 Å². The van der Waals surface area contributed by atoms with Crippen molar-refractivity contribution in [1.29, 1.82) is 0 Å². The van der Waals surface area contributed by atoms with Crippen molar-refractivity contribution in [3.8, 4) is 5.75 Å². The topological polar surface area (TPSA) is 72.0 Å². The number of halogens is 1. The first kappa shape index (κ1) is 26.6. The average Bonchev–Trinajstić information content (AvgIpc) is 3.06. The maximum absolute atomic E-state index is 14.3. The standard InChI is InChI=1S/C29H36FN3O4/c1-6-32(7-2)26(34)24-11-9-20(19-31-24)23-18-29(36-25-12-10-21(30)17-22(23)25)13-8-15-33(16-14-29)27(35)37-28(3,4)5/h9-12,17-19H,6-8,13-16H2,1-5H3. The molecule has 7 nitrogen and oxygen atoms in total. The molecule has 2 amide bonds. The summed E-state index contributed by atoms with van der Waals surface area (Å²) in [4.78, 5) is 33.3. The normalized spacial score (nSPS) is 19.4. The third-order valence-electron chi connectivity index (χ3n) is 6.78. The molecule has 3 heterocycles. The Labute approximate surface area is 218 Å². The molecule has 1 atom stereocenters. The van der Waals surface area contributed by atoms with Gasteiger partial charge in [0.25, 0.3) is 5.91 Å². The lowest BCUT2D eigenvalue weighted by Gasteiger charge is -2.36. The zero-order chi connectivity index (χ0) is 26.8. The van der Waals surface area contributed by atoms with Crippen LogP contribution in [0.15, 0.2) is 42.6 Å². The molecule has 0 saturated carbocycles. The van der Waals surface area contributed by atoms with E-state index < -0.39 is 11.2 Å². The number of likely N-dealkylation sites (tertiary alicyclic amines) is 1. The van der Waals surface area contributed by atoms with Crippen molar-refractivity contribution in [1.82, 2.24) is 14.8 Å². The molecule has 1 unspecified atom stereocenters. The van der Waals surface area contributed by atoms with Gasteiger partial charge in [-0.15, -0.1) is 0 Å². The van der Waals surface area contributed by atoms with Gasteiger partial charge in [-0.3, -0.25) is 9.78 Å². The van der Waals surface area contributed by atoms with E-state index in [1.54, 1.807) is 28.1 Å². The van der Waals surface area contributed by atoms with E-state index in [0.717, 1.165) is 17.6 Å². The van der Waals surface area contributed by atoms with Gasteiger partial charge < -0.3 is 19.3 Å². The molecule has 0 bridgehead atoms. The van der Waals surface area contributed by atoms with Gasteiger partial charge in [-0.05, 0) is 83.4 Å². The molecule has 198 valence electrons. The molecule has 1 aromatic carbocycles. The van der Waals surface area contributed by atoms with Crippen LogP contribution in [0.1, 0.15) is 75.5 Å². The summed E-state index contributed by atoms with van der Waals surface area (Å²) in [6.07, 6.45) is 5.37. The van der Waals surface area contributed by atoms with Crippen LogP contribution in [0.5, 0.6) is 5.75 Å². The van der Waals surface area contributed by atoms with Gasteiger partial charge in [-0.1, -0.05) is 6.07 Å². The Bertz CT molecular complexity index is 1180. The fourth-order valence-corrected chi connectivity index (χ4v) is 4.87. The van der Waals surface area contributed by atoms with Crippen molar-refractivity contribution < 1.29 is 23.5 Å². The molecule has 0 aliphatic carbocycles. The summed E-state index contributed by atoms with van der Waals surface area (Å²) in [5.41, 5.74) is 1.37. The maximum Gasteiger partial charge on any atom is 0.410 e. The van der Waals surface area contributed by atoms with Crippen molar-refractivity contribution in [2.45, 2.75) is 65.1 Å². The second-order valence-corrected chi connectivity index (χ2v) is 10.6. The van der Waals surface area contributed by atoms with Crippen molar-refractivity contribution in [2.75, 3.05) is 26.2 Å². The van der Waals surface area contributed by atoms with Crippen LogP contribution in [-0.4, -0.2) is 64.2 Å². The molecule has 2 aliphatic rings. The zero-order valence-electron chi connectivity index (χ0n) is 22.3. The largest absolute Gasteiger partial charge is 0.482 e. The van der Waals surface area contributed by atoms with Crippen LogP contribution in [0, 0.1) is 5.82 Å². The summed E-state index contributed by atoms with van der Waals surface area (Å²) in [7, 11) is 0. The average molecular weight is 510 g/mol. The summed E-state index contributed by atoms with van der Waals surface area (Å²) in [5.74, 6) is 0.113. The zero-order valence-corrected chi connectivity index (χ0v) is 22.3. The minimum atomic E-state index is -0.660. The van der Waals surface area contributed by atoms with Gasteiger partial charge >= 0.3 is 6.09 Å².